The largest absolute Gasteiger partial charge is 0.490 e. The minimum Gasteiger partial charge on any atom is -0.490 e. The summed E-state index contributed by atoms with van der Waals surface area (Å²) in [7, 11) is 1.75. The number of ether oxygens (including phenoxy) is 2. The number of aryl methyl sites for hydroxylation is 1. The molecule has 0 aromatic carbocycles. The molecule has 0 radical (unpaired) electrons. The molecule has 2 rings (SSSR count). The molecule has 4 N–H and O–H groups in total. The highest BCUT2D eigenvalue weighted by atomic mass is 16.5. The van der Waals surface area contributed by atoms with E-state index < -0.39 is 0 Å². The fraction of sp³-hybridized carbons (Fsp3) is 0.500. The van der Waals surface area contributed by atoms with Crippen molar-refractivity contribution in [2.45, 2.75) is 32.6 Å². The Morgan fingerprint density at radius 3 is 2.68 bits per heavy atom. The number of pyridine rings is 1. The highest BCUT2D eigenvalue weighted by Gasteiger charge is 2.20. The zero-order valence-corrected chi connectivity index (χ0v) is 13.1. The van der Waals surface area contributed by atoms with Crippen LogP contribution in [-0.4, -0.2) is 32.6 Å². The predicted molar refractivity (Wildman–Crippen MR) is 82.0 cm³/mol. The summed E-state index contributed by atoms with van der Waals surface area (Å²) in [4.78, 5) is 5.75. The maximum atomic E-state index is 5.97. The molecule has 0 fully saturated rings. The van der Waals surface area contributed by atoms with Crippen molar-refractivity contribution in [2.75, 3.05) is 12.3 Å². The molecule has 2 aromatic heterocycles. The van der Waals surface area contributed by atoms with Crippen molar-refractivity contribution in [3.63, 3.8) is 0 Å². The Morgan fingerprint density at radius 2 is 2.14 bits per heavy atom. The average Bonchev–Trinajstić information content (AvgIpc) is 2.88. The van der Waals surface area contributed by atoms with Gasteiger partial charge in [0, 0.05) is 13.1 Å². The van der Waals surface area contributed by atoms with E-state index in [4.69, 9.17) is 20.9 Å². The second-order valence-corrected chi connectivity index (χ2v) is 5.00. The van der Waals surface area contributed by atoms with Gasteiger partial charge in [0.15, 0.2) is 5.75 Å². The highest BCUT2D eigenvalue weighted by molar-refractivity contribution is 5.51. The number of aromatic nitrogens is 4. The van der Waals surface area contributed by atoms with Crippen molar-refractivity contribution >= 4 is 5.69 Å². The SMILES string of the molecule is CCOc1cnc(COC(c2cnn(C)n2)C(C)N)cc1N. The molecule has 120 valence electrons. The maximum Gasteiger partial charge on any atom is 0.160 e. The molecule has 22 heavy (non-hydrogen) atoms. The molecule has 0 saturated heterocycles. The predicted octanol–water partition coefficient (Wildman–Crippen LogP) is 0.796. The van der Waals surface area contributed by atoms with Crippen molar-refractivity contribution in [3.05, 3.63) is 29.8 Å². The van der Waals surface area contributed by atoms with Crippen LogP contribution in [0.15, 0.2) is 18.5 Å². The first kappa shape index (κ1) is 16.2. The van der Waals surface area contributed by atoms with Gasteiger partial charge in [-0.15, -0.1) is 0 Å². The Morgan fingerprint density at radius 1 is 1.36 bits per heavy atom. The summed E-state index contributed by atoms with van der Waals surface area (Å²) in [5.41, 5.74) is 13.8. The average molecular weight is 306 g/mol. The molecule has 0 aliphatic rings. The molecule has 0 aliphatic heterocycles. The molecule has 2 atom stereocenters. The van der Waals surface area contributed by atoms with Crippen LogP contribution in [0.1, 0.15) is 31.3 Å². The Bertz CT molecular complexity index is 613. The van der Waals surface area contributed by atoms with E-state index >= 15 is 0 Å². The summed E-state index contributed by atoms with van der Waals surface area (Å²) in [6.07, 6.45) is 2.89. The quantitative estimate of drug-likeness (QED) is 0.777. The number of hydrogen-bond acceptors (Lipinski definition) is 7. The molecule has 8 heteroatoms. The minimum absolute atomic E-state index is 0.225. The van der Waals surface area contributed by atoms with E-state index in [1.54, 1.807) is 25.5 Å². The standard InChI is InChI=1S/C14H22N6O2/c1-4-21-13-7-17-10(5-11(13)16)8-22-14(9(2)15)12-6-18-20(3)19-12/h5-7,9,14H,4,8,15H2,1-3H3,(H2,16,17). The Labute approximate surface area is 129 Å². The van der Waals surface area contributed by atoms with Crippen molar-refractivity contribution < 1.29 is 9.47 Å². The number of nitrogens with zero attached hydrogens (tertiary/aromatic N) is 4. The molecule has 2 aromatic rings. The van der Waals surface area contributed by atoms with Crippen molar-refractivity contribution in [3.8, 4) is 5.75 Å². The Kier molecular flexibility index (Phi) is 5.29. The third kappa shape index (κ3) is 3.92. The zero-order valence-electron chi connectivity index (χ0n) is 13.1. The van der Waals surface area contributed by atoms with E-state index in [0.29, 0.717) is 29.4 Å². The molecule has 0 aliphatic carbocycles. The molecular formula is C14H22N6O2. The third-order valence-corrected chi connectivity index (χ3v) is 3.05. The van der Waals surface area contributed by atoms with Crippen molar-refractivity contribution in [1.29, 1.82) is 0 Å². The van der Waals surface area contributed by atoms with Crippen LogP contribution in [0.2, 0.25) is 0 Å². The van der Waals surface area contributed by atoms with Crippen molar-refractivity contribution in [2.24, 2.45) is 12.8 Å². The van der Waals surface area contributed by atoms with Gasteiger partial charge in [0.1, 0.15) is 11.8 Å². The summed E-state index contributed by atoms with van der Waals surface area (Å²) >= 11 is 0. The monoisotopic (exact) mass is 306 g/mol. The lowest BCUT2D eigenvalue weighted by atomic mass is 10.1. The van der Waals surface area contributed by atoms with Gasteiger partial charge in [0.05, 0.1) is 37.0 Å². The molecule has 0 amide bonds. The van der Waals surface area contributed by atoms with Gasteiger partial charge in [-0.25, -0.2) is 0 Å². The summed E-state index contributed by atoms with van der Waals surface area (Å²) in [6, 6.07) is 1.51. The fourth-order valence-corrected chi connectivity index (χ4v) is 2.03. The molecule has 0 spiro atoms. The van der Waals surface area contributed by atoms with Gasteiger partial charge in [0.25, 0.3) is 0 Å². The van der Waals surface area contributed by atoms with Gasteiger partial charge in [-0.2, -0.15) is 15.0 Å². The van der Waals surface area contributed by atoms with Gasteiger partial charge < -0.3 is 20.9 Å². The Hall–Kier alpha value is -2.19. The van der Waals surface area contributed by atoms with E-state index in [-0.39, 0.29) is 18.8 Å². The number of anilines is 1. The van der Waals surface area contributed by atoms with Crippen LogP contribution in [0.5, 0.6) is 5.75 Å². The lowest BCUT2D eigenvalue weighted by Crippen LogP contribution is -2.27. The van der Waals surface area contributed by atoms with Crippen LogP contribution in [0.25, 0.3) is 0 Å². The molecule has 2 unspecified atom stereocenters. The fourth-order valence-electron chi connectivity index (χ4n) is 2.03. The van der Waals surface area contributed by atoms with Crippen LogP contribution in [0.3, 0.4) is 0 Å². The van der Waals surface area contributed by atoms with E-state index in [1.165, 1.54) is 4.80 Å². The second-order valence-electron chi connectivity index (χ2n) is 5.00. The van der Waals surface area contributed by atoms with Crippen molar-refractivity contribution in [1.82, 2.24) is 20.0 Å². The van der Waals surface area contributed by atoms with Crippen LogP contribution < -0.4 is 16.2 Å². The van der Waals surface area contributed by atoms with E-state index in [9.17, 15) is 0 Å². The maximum absolute atomic E-state index is 5.97. The zero-order chi connectivity index (χ0) is 16.1. The van der Waals surface area contributed by atoms with E-state index in [2.05, 4.69) is 15.2 Å². The first-order valence-electron chi connectivity index (χ1n) is 7.11. The van der Waals surface area contributed by atoms with E-state index in [0.717, 1.165) is 0 Å². The highest BCUT2D eigenvalue weighted by Crippen LogP contribution is 2.23. The number of hydrogen-bond donors (Lipinski definition) is 2. The number of nitrogens with two attached hydrogens (primary N) is 2. The van der Waals surface area contributed by atoms with Crippen LogP contribution in [0, 0.1) is 0 Å². The minimum atomic E-state index is -0.358. The van der Waals surface area contributed by atoms with Gasteiger partial charge in [-0.3, -0.25) is 4.98 Å². The van der Waals surface area contributed by atoms with Gasteiger partial charge in [-0.05, 0) is 19.9 Å². The molecule has 2 heterocycles. The summed E-state index contributed by atoms with van der Waals surface area (Å²) < 4.78 is 11.2. The Balaban J connectivity index is 2.05. The first-order valence-corrected chi connectivity index (χ1v) is 7.11. The van der Waals surface area contributed by atoms with E-state index in [1.807, 2.05) is 13.8 Å². The van der Waals surface area contributed by atoms with Crippen LogP contribution in [-0.2, 0) is 18.4 Å². The molecule has 0 bridgehead atoms. The molecule has 8 nitrogen and oxygen atoms in total. The van der Waals surface area contributed by atoms with Gasteiger partial charge in [0.2, 0.25) is 0 Å². The van der Waals surface area contributed by atoms with Gasteiger partial charge in [-0.1, -0.05) is 0 Å². The number of rotatable bonds is 7. The lowest BCUT2D eigenvalue weighted by molar-refractivity contribution is 0.0210. The number of nitrogen functional groups attached to an aromatic ring is 1. The summed E-state index contributed by atoms with van der Waals surface area (Å²) in [5, 5.41) is 8.27. The molecule has 0 saturated carbocycles. The first-order chi connectivity index (χ1) is 10.5. The van der Waals surface area contributed by atoms with Crippen LogP contribution >= 0.6 is 0 Å². The normalized spacial score (nSPS) is 13.8. The van der Waals surface area contributed by atoms with Gasteiger partial charge >= 0.3 is 0 Å². The lowest BCUT2D eigenvalue weighted by Gasteiger charge is -2.19. The third-order valence-electron chi connectivity index (χ3n) is 3.05. The smallest absolute Gasteiger partial charge is 0.160 e. The van der Waals surface area contributed by atoms with Crippen LogP contribution in [0.4, 0.5) is 5.69 Å². The summed E-state index contributed by atoms with van der Waals surface area (Å²) in [5.74, 6) is 0.573. The summed E-state index contributed by atoms with van der Waals surface area (Å²) in [6.45, 7) is 4.57. The topological polar surface area (TPSA) is 114 Å². The second kappa shape index (κ2) is 7.19. The molecular weight excluding hydrogens is 284 g/mol.